The first-order chi connectivity index (χ1) is 9.72. The second-order valence-electron chi connectivity index (χ2n) is 5.89. The van der Waals surface area contributed by atoms with Crippen LogP contribution in [0.3, 0.4) is 0 Å². The molecule has 1 aliphatic rings. The van der Waals surface area contributed by atoms with Gasteiger partial charge in [-0.2, -0.15) is 0 Å². The van der Waals surface area contributed by atoms with E-state index in [0.29, 0.717) is 0 Å². The number of carbonyl (C=O) groups is 1. The van der Waals surface area contributed by atoms with E-state index in [1.807, 2.05) is 13.8 Å². The first-order valence-corrected chi connectivity index (χ1v) is 8.60. The van der Waals surface area contributed by atoms with Crippen LogP contribution in [0.1, 0.15) is 24.2 Å². The summed E-state index contributed by atoms with van der Waals surface area (Å²) in [6.07, 6.45) is 1.57. The first-order valence-electron chi connectivity index (χ1n) is 6.89. The van der Waals surface area contributed by atoms with Crippen LogP contribution in [0.5, 0.6) is 0 Å². The minimum absolute atomic E-state index is 0.0705. The number of hydrogen-bond acceptors (Lipinski definition) is 4. The van der Waals surface area contributed by atoms with Gasteiger partial charge < -0.3 is 9.47 Å². The summed E-state index contributed by atoms with van der Waals surface area (Å²) in [5, 5.41) is -0.503. The summed E-state index contributed by atoms with van der Waals surface area (Å²) in [6, 6.07) is 3.10. The van der Waals surface area contributed by atoms with Crippen molar-refractivity contribution in [3.8, 4) is 0 Å². The molecule has 116 valence electrons. The maximum Gasteiger partial charge on any atom is 0.263 e. The Balaban J connectivity index is 2.07. The van der Waals surface area contributed by atoms with Gasteiger partial charge in [0.1, 0.15) is 5.56 Å². The molecule has 1 aromatic heterocycles. The van der Waals surface area contributed by atoms with Crippen LogP contribution in [0.25, 0.3) is 0 Å². The van der Waals surface area contributed by atoms with E-state index in [1.54, 1.807) is 19.3 Å². The average Bonchev–Trinajstić information content (AvgIpc) is 2.28. The fourth-order valence-electron chi connectivity index (χ4n) is 2.36. The summed E-state index contributed by atoms with van der Waals surface area (Å²) in [4.78, 5) is 25.5. The molecule has 0 spiro atoms. The maximum absolute atomic E-state index is 12.2. The molecule has 7 heteroatoms. The third-order valence-corrected chi connectivity index (χ3v) is 6.01. The molecule has 1 fully saturated rings. The molecule has 2 heterocycles. The van der Waals surface area contributed by atoms with E-state index in [9.17, 15) is 18.0 Å². The van der Waals surface area contributed by atoms with E-state index in [0.717, 1.165) is 0 Å². The Hall–Kier alpha value is -1.63. The van der Waals surface area contributed by atoms with Gasteiger partial charge in [-0.05, 0) is 18.1 Å². The smallest absolute Gasteiger partial charge is 0.263 e. The zero-order chi connectivity index (χ0) is 15.8. The minimum Gasteiger partial charge on any atom is -0.336 e. The third kappa shape index (κ3) is 3.18. The highest BCUT2D eigenvalue weighted by Gasteiger charge is 2.40. The zero-order valence-electron chi connectivity index (χ0n) is 12.4. The molecule has 0 unspecified atom stereocenters. The van der Waals surface area contributed by atoms with Gasteiger partial charge in [-0.3, -0.25) is 9.59 Å². The number of carbonyl (C=O) groups excluding carboxylic acids is 1. The minimum atomic E-state index is -3.17. The lowest BCUT2D eigenvalue weighted by Crippen LogP contribution is -2.58. The van der Waals surface area contributed by atoms with E-state index in [4.69, 9.17) is 0 Å². The highest BCUT2D eigenvalue weighted by molar-refractivity contribution is 7.92. The van der Waals surface area contributed by atoms with Crippen LogP contribution in [-0.4, -0.2) is 47.9 Å². The summed E-state index contributed by atoms with van der Waals surface area (Å²) in [6.45, 7) is 4.05. The SMILES string of the molecule is CC(C)CS(=O)(=O)C1CN(C(=O)c2cccn(C)c2=O)C1. The lowest BCUT2D eigenvalue weighted by molar-refractivity contribution is 0.0656. The zero-order valence-corrected chi connectivity index (χ0v) is 13.3. The summed E-state index contributed by atoms with van der Waals surface area (Å²) in [5.74, 6) is -0.194. The predicted molar refractivity (Wildman–Crippen MR) is 80.0 cm³/mol. The highest BCUT2D eigenvalue weighted by atomic mass is 32.2. The second kappa shape index (κ2) is 5.63. The predicted octanol–water partition coefficient (Wildman–Crippen LogP) is 0.281. The second-order valence-corrected chi connectivity index (χ2v) is 8.22. The Morgan fingerprint density at radius 3 is 2.57 bits per heavy atom. The molecule has 0 radical (unpaired) electrons. The van der Waals surface area contributed by atoms with Crippen LogP contribution in [-0.2, 0) is 16.9 Å². The molecule has 6 nitrogen and oxygen atoms in total. The standard InChI is InChI=1S/C14H20N2O4S/c1-10(2)9-21(19,20)11-7-16(8-11)14(18)12-5-4-6-15(3)13(12)17/h4-6,10-11H,7-9H2,1-3H3. The Morgan fingerprint density at radius 1 is 1.38 bits per heavy atom. The van der Waals surface area contributed by atoms with Crippen LogP contribution in [0.15, 0.2) is 23.1 Å². The third-order valence-electron chi connectivity index (χ3n) is 3.56. The number of aryl methyl sites for hydroxylation is 1. The fourth-order valence-corrected chi connectivity index (χ4v) is 4.38. The molecule has 1 amide bonds. The van der Waals surface area contributed by atoms with Crippen LogP contribution in [0, 0.1) is 5.92 Å². The first kappa shape index (κ1) is 15.8. The van der Waals surface area contributed by atoms with Gasteiger partial charge in [0, 0.05) is 26.3 Å². The number of aromatic nitrogens is 1. The van der Waals surface area contributed by atoms with Crippen molar-refractivity contribution in [2.75, 3.05) is 18.8 Å². The average molecular weight is 312 g/mol. The van der Waals surface area contributed by atoms with E-state index in [1.165, 1.54) is 15.5 Å². The number of hydrogen-bond donors (Lipinski definition) is 0. The van der Waals surface area contributed by atoms with Crippen molar-refractivity contribution in [3.05, 3.63) is 34.2 Å². The Labute approximate surface area is 124 Å². The van der Waals surface area contributed by atoms with Crippen molar-refractivity contribution in [3.63, 3.8) is 0 Å². The van der Waals surface area contributed by atoms with Gasteiger partial charge in [0.05, 0.1) is 11.0 Å². The van der Waals surface area contributed by atoms with Gasteiger partial charge in [-0.1, -0.05) is 13.8 Å². The summed E-state index contributed by atoms with van der Waals surface area (Å²) in [5.41, 5.74) is -0.282. The van der Waals surface area contributed by atoms with Crippen LogP contribution in [0.4, 0.5) is 0 Å². The number of pyridine rings is 1. The molecule has 2 rings (SSSR count). The van der Waals surface area contributed by atoms with Crippen LogP contribution in [0.2, 0.25) is 0 Å². The lowest BCUT2D eigenvalue weighted by atomic mass is 10.1. The quantitative estimate of drug-likeness (QED) is 0.800. The Kier molecular flexibility index (Phi) is 4.22. The molecule has 1 aliphatic heterocycles. The van der Waals surface area contributed by atoms with Gasteiger partial charge in [0.2, 0.25) is 0 Å². The molecule has 1 saturated heterocycles. The van der Waals surface area contributed by atoms with E-state index in [-0.39, 0.29) is 35.9 Å². The van der Waals surface area contributed by atoms with Gasteiger partial charge in [-0.15, -0.1) is 0 Å². The van der Waals surface area contributed by atoms with E-state index >= 15 is 0 Å². The van der Waals surface area contributed by atoms with Gasteiger partial charge >= 0.3 is 0 Å². The van der Waals surface area contributed by atoms with Crippen LogP contribution >= 0.6 is 0 Å². The molecule has 0 atom stereocenters. The topological polar surface area (TPSA) is 76.5 Å². The molecule has 1 aromatic rings. The molecule has 0 aromatic carbocycles. The molecule has 0 bridgehead atoms. The van der Waals surface area contributed by atoms with Crippen molar-refractivity contribution in [2.24, 2.45) is 13.0 Å². The number of rotatable bonds is 4. The Bertz CT molecular complexity index is 700. The molecule has 21 heavy (non-hydrogen) atoms. The van der Waals surface area contributed by atoms with Crippen molar-refractivity contribution >= 4 is 15.7 Å². The normalized spacial score (nSPS) is 16.1. The number of amides is 1. The van der Waals surface area contributed by atoms with Gasteiger partial charge in [-0.25, -0.2) is 8.42 Å². The highest BCUT2D eigenvalue weighted by Crippen LogP contribution is 2.20. The van der Waals surface area contributed by atoms with Crippen LogP contribution < -0.4 is 5.56 Å². The van der Waals surface area contributed by atoms with E-state index < -0.39 is 21.0 Å². The molecule has 0 saturated carbocycles. The lowest BCUT2D eigenvalue weighted by Gasteiger charge is -2.38. The number of nitrogens with zero attached hydrogens (tertiary/aromatic N) is 2. The van der Waals surface area contributed by atoms with Crippen molar-refractivity contribution < 1.29 is 13.2 Å². The van der Waals surface area contributed by atoms with Gasteiger partial charge in [0.15, 0.2) is 9.84 Å². The molecule has 0 aliphatic carbocycles. The monoisotopic (exact) mass is 312 g/mol. The summed E-state index contributed by atoms with van der Waals surface area (Å²) < 4.78 is 25.4. The summed E-state index contributed by atoms with van der Waals surface area (Å²) >= 11 is 0. The van der Waals surface area contributed by atoms with Crippen molar-refractivity contribution in [2.45, 2.75) is 19.1 Å². The Morgan fingerprint density at radius 2 is 2.00 bits per heavy atom. The van der Waals surface area contributed by atoms with Crippen molar-refractivity contribution in [1.29, 1.82) is 0 Å². The molecular formula is C14H20N2O4S. The molecular weight excluding hydrogens is 292 g/mol. The maximum atomic E-state index is 12.2. The van der Waals surface area contributed by atoms with E-state index in [2.05, 4.69) is 0 Å². The number of sulfone groups is 1. The summed E-state index contributed by atoms with van der Waals surface area (Å²) in [7, 11) is -1.59. The number of likely N-dealkylation sites (tertiary alicyclic amines) is 1. The van der Waals surface area contributed by atoms with Crippen molar-refractivity contribution in [1.82, 2.24) is 9.47 Å². The largest absolute Gasteiger partial charge is 0.336 e. The molecule has 0 N–H and O–H groups in total. The fraction of sp³-hybridized carbons (Fsp3) is 0.571. The van der Waals surface area contributed by atoms with Gasteiger partial charge in [0.25, 0.3) is 11.5 Å².